The number of aromatic nitrogens is 2. The predicted octanol–water partition coefficient (Wildman–Crippen LogP) is 5.37. The highest BCUT2D eigenvalue weighted by Gasteiger charge is 2.45. The van der Waals surface area contributed by atoms with Gasteiger partial charge < -0.3 is 5.32 Å². The summed E-state index contributed by atoms with van der Waals surface area (Å²) >= 11 is 0. The maximum Gasteiger partial charge on any atom is 0.267 e. The number of amides is 1. The first-order valence-corrected chi connectivity index (χ1v) is 12.8. The van der Waals surface area contributed by atoms with Gasteiger partial charge in [0.2, 0.25) is 5.96 Å². The fraction of sp³-hybridized carbons (Fsp3) is 0.310. The number of allylic oxidation sites excluding steroid dienone is 1. The summed E-state index contributed by atoms with van der Waals surface area (Å²) in [7, 11) is 1.74. The highest BCUT2D eigenvalue weighted by molar-refractivity contribution is 6.20. The molecule has 0 saturated heterocycles. The first kappa shape index (κ1) is 24.1. The van der Waals surface area contributed by atoms with Crippen molar-refractivity contribution in [1.29, 1.82) is 0 Å². The second-order valence-electron chi connectivity index (χ2n) is 10.6. The van der Waals surface area contributed by atoms with Crippen molar-refractivity contribution in [2.75, 3.05) is 23.8 Å². The van der Waals surface area contributed by atoms with Gasteiger partial charge in [0.05, 0.1) is 24.3 Å². The van der Waals surface area contributed by atoms with Gasteiger partial charge in [0.1, 0.15) is 17.2 Å². The molecule has 1 aromatic heterocycles. The first-order chi connectivity index (χ1) is 18.2. The number of halogens is 1. The zero-order valence-electron chi connectivity index (χ0n) is 22.0. The van der Waals surface area contributed by atoms with E-state index in [2.05, 4.69) is 40.7 Å². The summed E-state index contributed by atoms with van der Waals surface area (Å²) in [6.45, 7) is 6.86. The van der Waals surface area contributed by atoms with E-state index in [0.717, 1.165) is 29.7 Å². The van der Waals surface area contributed by atoms with Crippen LogP contribution in [0, 0.1) is 12.7 Å². The van der Waals surface area contributed by atoms with Crippen molar-refractivity contribution in [3.05, 3.63) is 76.6 Å². The van der Waals surface area contributed by atoms with Crippen LogP contribution in [0.5, 0.6) is 0 Å². The third-order valence-corrected chi connectivity index (χ3v) is 7.06. The minimum Gasteiger partial charge on any atom is -0.340 e. The molecule has 1 N–H and O–H groups in total. The lowest BCUT2D eigenvalue weighted by Crippen LogP contribution is -2.48. The Labute approximate surface area is 221 Å². The zero-order chi connectivity index (χ0) is 26.6. The fourth-order valence-corrected chi connectivity index (χ4v) is 5.10. The average Bonchev–Trinajstić information content (AvgIpc) is 3.42. The molecule has 0 radical (unpaired) electrons. The van der Waals surface area contributed by atoms with Crippen LogP contribution in [-0.4, -0.2) is 51.9 Å². The van der Waals surface area contributed by atoms with E-state index in [1.807, 2.05) is 29.6 Å². The lowest BCUT2D eigenvalue weighted by Gasteiger charge is -2.30. The molecule has 0 aliphatic carbocycles. The molecule has 0 spiro atoms. The number of nitrogens with one attached hydrogen (secondary N) is 1. The van der Waals surface area contributed by atoms with Gasteiger partial charge in [0.15, 0.2) is 5.82 Å². The van der Waals surface area contributed by atoms with Crippen LogP contribution in [0.15, 0.2) is 58.5 Å². The Kier molecular flexibility index (Phi) is 5.66. The maximum absolute atomic E-state index is 14.0. The topological polar surface area (TPSA) is 78.1 Å². The van der Waals surface area contributed by atoms with Crippen LogP contribution in [0.1, 0.15) is 53.7 Å². The van der Waals surface area contributed by atoms with Crippen molar-refractivity contribution < 1.29 is 9.18 Å². The number of hydrogen-bond acceptors (Lipinski definition) is 6. The number of aliphatic imine (C=N–C) groups is 2. The van der Waals surface area contributed by atoms with Crippen molar-refractivity contribution in [3.63, 3.8) is 0 Å². The number of carbonyl (C=O) groups is 1. The summed E-state index contributed by atoms with van der Waals surface area (Å²) in [5.41, 5.74) is 4.42. The van der Waals surface area contributed by atoms with Crippen LogP contribution in [-0.2, 0) is 6.54 Å². The summed E-state index contributed by atoms with van der Waals surface area (Å²) < 4.78 is 15.8. The van der Waals surface area contributed by atoms with Crippen LogP contribution >= 0.6 is 0 Å². The van der Waals surface area contributed by atoms with Gasteiger partial charge in [-0.1, -0.05) is 30.3 Å². The molecule has 4 heterocycles. The van der Waals surface area contributed by atoms with Gasteiger partial charge in [-0.3, -0.25) is 19.6 Å². The molecule has 0 unspecified atom stereocenters. The van der Waals surface area contributed by atoms with Gasteiger partial charge in [-0.2, -0.15) is 5.10 Å². The SMILES string of the molecule is Cc1cc(Nc2c3c(nn2Cc2ccc(C4=CCCC=N4)cc2)N2CC(C)(C)N=C2N(C)C3=O)ccc1F. The highest BCUT2D eigenvalue weighted by Crippen LogP contribution is 2.39. The third-order valence-electron chi connectivity index (χ3n) is 7.06. The Hall–Kier alpha value is -4.27. The Morgan fingerprint density at radius 1 is 1.11 bits per heavy atom. The fourth-order valence-electron chi connectivity index (χ4n) is 5.10. The average molecular weight is 512 g/mol. The maximum atomic E-state index is 14.0. The van der Waals surface area contributed by atoms with E-state index in [1.165, 1.54) is 6.07 Å². The Bertz CT molecular complexity index is 1530. The molecular weight excluding hydrogens is 481 g/mol. The van der Waals surface area contributed by atoms with E-state index in [4.69, 9.17) is 10.1 Å². The summed E-state index contributed by atoms with van der Waals surface area (Å²) in [6.07, 6.45) is 6.09. The third kappa shape index (κ3) is 4.17. The number of anilines is 3. The number of guanidine groups is 1. The molecule has 3 aromatic rings. The van der Waals surface area contributed by atoms with E-state index in [0.29, 0.717) is 47.5 Å². The molecule has 0 atom stereocenters. The lowest BCUT2D eigenvalue weighted by atomic mass is 10.1. The number of hydrogen-bond donors (Lipinski definition) is 1. The molecule has 38 heavy (non-hydrogen) atoms. The van der Waals surface area contributed by atoms with E-state index in [1.54, 1.807) is 31.0 Å². The monoisotopic (exact) mass is 511 g/mol. The number of aryl methyl sites for hydroxylation is 1. The van der Waals surface area contributed by atoms with Gasteiger partial charge in [-0.05, 0) is 68.5 Å². The van der Waals surface area contributed by atoms with Crippen molar-refractivity contribution in [2.24, 2.45) is 9.98 Å². The summed E-state index contributed by atoms with van der Waals surface area (Å²) in [5.74, 6) is 1.29. The molecule has 2 aromatic carbocycles. The number of benzene rings is 2. The van der Waals surface area contributed by atoms with Crippen molar-refractivity contribution in [3.8, 4) is 0 Å². The van der Waals surface area contributed by atoms with Crippen LogP contribution < -0.4 is 10.2 Å². The van der Waals surface area contributed by atoms with Gasteiger partial charge in [0, 0.05) is 18.9 Å². The minimum atomic E-state index is -0.344. The number of fused-ring (bicyclic) bond motifs is 3. The molecule has 194 valence electrons. The van der Waals surface area contributed by atoms with Gasteiger partial charge in [-0.25, -0.2) is 14.1 Å². The number of carbonyl (C=O) groups excluding carboxylic acids is 1. The molecule has 0 fully saturated rings. The number of nitrogens with zero attached hydrogens (tertiary/aromatic N) is 6. The second-order valence-corrected chi connectivity index (χ2v) is 10.6. The summed E-state index contributed by atoms with van der Waals surface area (Å²) in [4.78, 5) is 26.5. The van der Waals surface area contributed by atoms with Crippen molar-refractivity contribution in [1.82, 2.24) is 14.7 Å². The molecule has 9 heteroatoms. The number of rotatable bonds is 5. The molecule has 0 saturated carbocycles. The standard InChI is InChI=1S/C29H30FN7O/c1-18-15-21(12-13-22(18)30)32-25-24-26(36-17-29(2,3)33-28(36)35(4)27(24)38)34-37(25)16-19-8-10-20(11-9-19)23-7-5-6-14-31-23/h7-15,32H,5-6,16-17H2,1-4H3. The van der Waals surface area contributed by atoms with Crippen LogP contribution in [0.4, 0.5) is 21.7 Å². The van der Waals surface area contributed by atoms with Crippen LogP contribution in [0.3, 0.4) is 0 Å². The Balaban J connectivity index is 1.41. The van der Waals surface area contributed by atoms with E-state index < -0.39 is 0 Å². The molecule has 1 amide bonds. The smallest absolute Gasteiger partial charge is 0.267 e. The first-order valence-electron chi connectivity index (χ1n) is 12.8. The molecule has 8 nitrogen and oxygen atoms in total. The van der Waals surface area contributed by atoms with E-state index in [9.17, 15) is 9.18 Å². The summed E-state index contributed by atoms with van der Waals surface area (Å²) in [6, 6.07) is 13.1. The molecule has 3 aliphatic rings. The quantitative estimate of drug-likeness (QED) is 0.500. The molecule has 3 aliphatic heterocycles. The van der Waals surface area contributed by atoms with E-state index >= 15 is 0 Å². The molecule has 6 rings (SSSR count). The van der Waals surface area contributed by atoms with E-state index in [-0.39, 0.29) is 17.3 Å². The van der Waals surface area contributed by atoms with Crippen LogP contribution in [0.2, 0.25) is 0 Å². The Morgan fingerprint density at radius 2 is 1.89 bits per heavy atom. The minimum absolute atomic E-state index is 0.183. The van der Waals surface area contributed by atoms with Crippen molar-refractivity contribution >= 4 is 41.1 Å². The molecule has 0 bridgehead atoms. The van der Waals surface area contributed by atoms with Gasteiger partial charge in [-0.15, -0.1) is 0 Å². The predicted molar refractivity (Wildman–Crippen MR) is 149 cm³/mol. The van der Waals surface area contributed by atoms with Crippen molar-refractivity contribution in [2.45, 2.75) is 45.7 Å². The normalized spacial score (nSPS) is 17.8. The van der Waals surface area contributed by atoms with Gasteiger partial charge >= 0.3 is 0 Å². The second kappa shape index (κ2) is 8.93. The molecular formula is C29H30FN7O. The van der Waals surface area contributed by atoms with Crippen LogP contribution in [0.25, 0.3) is 5.70 Å². The Morgan fingerprint density at radius 3 is 2.61 bits per heavy atom. The zero-order valence-corrected chi connectivity index (χ0v) is 22.0. The highest BCUT2D eigenvalue weighted by atomic mass is 19.1. The summed E-state index contributed by atoms with van der Waals surface area (Å²) in [5, 5.41) is 8.31. The largest absolute Gasteiger partial charge is 0.340 e. The lowest BCUT2D eigenvalue weighted by molar-refractivity contribution is 0.0866. The van der Waals surface area contributed by atoms with Gasteiger partial charge in [0.25, 0.3) is 5.91 Å².